The van der Waals surface area contributed by atoms with Crippen LogP contribution in [0.2, 0.25) is 0 Å². The minimum absolute atomic E-state index is 0.177. The lowest BCUT2D eigenvalue weighted by Crippen LogP contribution is -2.34. The quantitative estimate of drug-likeness (QED) is 0.858. The summed E-state index contributed by atoms with van der Waals surface area (Å²) >= 11 is 0. The molecule has 0 spiro atoms. The van der Waals surface area contributed by atoms with Crippen LogP contribution in [-0.2, 0) is 16.0 Å². The summed E-state index contributed by atoms with van der Waals surface area (Å²) in [5.74, 6) is -0.0862. The van der Waals surface area contributed by atoms with E-state index in [4.69, 9.17) is 9.15 Å². The first kappa shape index (κ1) is 14.8. The summed E-state index contributed by atoms with van der Waals surface area (Å²) in [5, 5.41) is 2.63. The van der Waals surface area contributed by atoms with Gasteiger partial charge in [-0.15, -0.1) is 0 Å². The molecular formula is C16H17NO4. The molecule has 0 aliphatic carbocycles. The van der Waals surface area contributed by atoms with Crippen LogP contribution in [0.3, 0.4) is 0 Å². The Kier molecular flexibility index (Phi) is 4.77. The number of ether oxygens (including phenoxy) is 1. The van der Waals surface area contributed by atoms with E-state index in [2.05, 4.69) is 5.32 Å². The van der Waals surface area contributed by atoms with Gasteiger partial charge in [0, 0.05) is 6.42 Å². The highest BCUT2D eigenvalue weighted by Crippen LogP contribution is 2.16. The number of benzene rings is 1. The van der Waals surface area contributed by atoms with Gasteiger partial charge < -0.3 is 14.5 Å². The number of esters is 1. The minimum atomic E-state index is -0.862. The minimum Gasteiger partial charge on any atom is -0.467 e. The van der Waals surface area contributed by atoms with Gasteiger partial charge in [-0.3, -0.25) is 4.79 Å². The van der Waals surface area contributed by atoms with Gasteiger partial charge in [0.1, 0.15) is 5.76 Å². The topological polar surface area (TPSA) is 68.5 Å². The molecule has 0 radical (unpaired) electrons. The van der Waals surface area contributed by atoms with E-state index < -0.39 is 17.9 Å². The van der Waals surface area contributed by atoms with Crippen LogP contribution < -0.4 is 5.32 Å². The number of nitrogens with one attached hydrogen (secondary N) is 1. The third-order valence-electron chi connectivity index (χ3n) is 3.08. The summed E-state index contributed by atoms with van der Waals surface area (Å²) in [7, 11) is 1.28. The summed E-state index contributed by atoms with van der Waals surface area (Å²) in [6.45, 7) is 1.93. The Labute approximate surface area is 122 Å². The zero-order chi connectivity index (χ0) is 15.2. The number of carbonyl (C=O) groups is 2. The van der Waals surface area contributed by atoms with Gasteiger partial charge >= 0.3 is 5.97 Å². The molecule has 1 aromatic carbocycles. The number of amides is 1. The van der Waals surface area contributed by atoms with Gasteiger partial charge in [-0.1, -0.05) is 37.3 Å². The molecule has 0 saturated carbocycles. The first-order chi connectivity index (χ1) is 10.2. The molecule has 0 bridgehead atoms. The maximum Gasteiger partial charge on any atom is 0.333 e. The first-order valence-corrected chi connectivity index (χ1v) is 6.68. The van der Waals surface area contributed by atoms with E-state index in [0.29, 0.717) is 12.0 Å². The molecular weight excluding hydrogens is 270 g/mol. The van der Waals surface area contributed by atoms with Crippen molar-refractivity contribution in [1.82, 2.24) is 5.32 Å². The number of hydrogen-bond acceptors (Lipinski definition) is 4. The number of methoxy groups -OCH3 is 1. The van der Waals surface area contributed by atoms with Crippen molar-refractivity contribution >= 4 is 11.9 Å². The Morgan fingerprint density at radius 2 is 1.90 bits per heavy atom. The highest BCUT2D eigenvalue weighted by molar-refractivity contribution is 5.94. The molecule has 1 heterocycles. The van der Waals surface area contributed by atoms with E-state index in [9.17, 15) is 9.59 Å². The number of furan rings is 1. The van der Waals surface area contributed by atoms with Crippen LogP contribution in [0.5, 0.6) is 0 Å². The van der Waals surface area contributed by atoms with E-state index in [0.717, 1.165) is 5.76 Å². The van der Waals surface area contributed by atoms with Gasteiger partial charge in [0.15, 0.2) is 11.8 Å². The van der Waals surface area contributed by atoms with E-state index in [1.807, 2.05) is 13.0 Å². The fraction of sp³-hybridized carbons (Fsp3) is 0.250. The normalized spacial score (nSPS) is 11.7. The fourth-order valence-corrected chi connectivity index (χ4v) is 1.93. The summed E-state index contributed by atoms with van der Waals surface area (Å²) in [6.07, 6.45) is 0.701. The van der Waals surface area contributed by atoms with Crippen molar-refractivity contribution < 1.29 is 18.7 Å². The zero-order valence-electron chi connectivity index (χ0n) is 12.0. The van der Waals surface area contributed by atoms with Crippen molar-refractivity contribution in [3.63, 3.8) is 0 Å². The van der Waals surface area contributed by atoms with Crippen LogP contribution in [0.1, 0.15) is 34.8 Å². The number of rotatable bonds is 5. The number of aryl methyl sites for hydroxylation is 1. The number of hydrogen-bond donors (Lipinski definition) is 1. The van der Waals surface area contributed by atoms with Crippen LogP contribution >= 0.6 is 0 Å². The smallest absolute Gasteiger partial charge is 0.333 e. The lowest BCUT2D eigenvalue weighted by molar-refractivity contribution is -0.143. The van der Waals surface area contributed by atoms with Gasteiger partial charge in [0.05, 0.1) is 7.11 Å². The summed E-state index contributed by atoms with van der Waals surface area (Å²) in [4.78, 5) is 24.0. The molecule has 110 valence electrons. The molecule has 5 heteroatoms. The molecule has 5 nitrogen and oxygen atoms in total. The average molecular weight is 287 g/mol. The average Bonchev–Trinajstić information content (AvgIpc) is 3.01. The molecule has 1 N–H and O–H groups in total. The molecule has 0 saturated heterocycles. The van der Waals surface area contributed by atoms with Gasteiger partial charge in [-0.05, 0) is 17.7 Å². The van der Waals surface area contributed by atoms with Crippen molar-refractivity contribution in [2.45, 2.75) is 19.4 Å². The monoisotopic (exact) mass is 287 g/mol. The van der Waals surface area contributed by atoms with Gasteiger partial charge in [0.25, 0.3) is 5.91 Å². The Bertz CT molecular complexity index is 618. The lowest BCUT2D eigenvalue weighted by atomic mass is 10.1. The zero-order valence-corrected chi connectivity index (χ0v) is 12.0. The van der Waals surface area contributed by atoms with E-state index >= 15 is 0 Å². The highest BCUT2D eigenvalue weighted by Gasteiger charge is 2.25. The number of carbonyl (C=O) groups excluding carboxylic acids is 2. The second-order valence-electron chi connectivity index (χ2n) is 4.46. The largest absolute Gasteiger partial charge is 0.467 e. The molecule has 1 aromatic heterocycles. The Morgan fingerprint density at radius 1 is 1.19 bits per heavy atom. The van der Waals surface area contributed by atoms with Gasteiger partial charge in [-0.2, -0.15) is 0 Å². The third kappa shape index (κ3) is 3.51. The SMILES string of the molecule is CCc1ccc(C(=O)NC(C(=O)OC)c2ccccc2)o1. The Balaban J connectivity index is 2.19. The fourth-order valence-electron chi connectivity index (χ4n) is 1.93. The Morgan fingerprint density at radius 3 is 2.48 bits per heavy atom. The molecule has 1 atom stereocenters. The standard InChI is InChI=1S/C16H17NO4/c1-3-12-9-10-13(21-12)15(18)17-14(16(19)20-2)11-7-5-4-6-8-11/h4-10,14H,3H2,1-2H3,(H,17,18). The maximum absolute atomic E-state index is 12.2. The molecule has 0 fully saturated rings. The van der Waals surface area contributed by atoms with Crippen LogP contribution in [0, 0.1) is 0 Å². The molecule has 0 aliphatic heterocycles. The van der Waals surface area contributed by atoms with E-state index in [-0.39, 0.29) is 5.76 Å². The van der Waals surface area contributed by atoms with Crippen LogP contribution in [0.15, 0.2) is 46.9 Å². The molecule has 1 amide bonds. The molecule has 1 unspecified atom stereocenters. The molecule has 21 heavy (non-hydrogen) atoms. The van der Waals surface area contributed by atoms with E-state index in [1.54, 1.807) is 36.4 Å². The van der Waals surface area contributed by atoms with Gasteiger partial charge in [-0.25, -0.2) is 4.79 Å². The summed E-state index contributed by atoms with van der Waals surface area (Å²) in [5.41, 5.74) is 0.653. The van der Waals surface area contributed by atoms with E-state index in [1.165, 1.54) is 7.11 Å². The van der Waals surface area contributed by atoms with Gasteiger partial charge in [0.2, 0.25) is 0 Å². The van der Waals surface area contributed by atoms with Crippen molar-refractivity contribution in [1.29, 1.82) is 0 Å². The Hall–Kier alpha value is -2.56. The summed E-state index contributed by atoms with van der Waals surface area (Å²) in [6, 6.07) is 11.4. The third-order valence-corrected chi connectivity index (χ3v) is 3.08. The van der Waals surface area contributed by atoms with Crippen molar-refractivity contribution in [3.05, 3.63) is 59.5 Å². The first-order valence-electron chi connectivity index (χ1n) is 6.68. The molecule has 2 rings (SSSR count). The summed E-state index contributed by atoms with van der Waals surface area (Å²) < 4.78 is 10.1. The predicted molar refractivity (Wildman–Crippen MR) is 76.8 cm³/mol. The van der Waals surface area contributed by atoms with Crippen molar-refractivity contribution in [2.24, 2.45) is 0 Å². The predicted octanol–water partition coefficient (Wildman–Crippen LogP) is 2.49. The lowest BCUT2D eigenvalue weighted by Gasteiger charge is -2.16. The van der Waals surface area contributed by atoms with Crippen LogP contribution in [0.4, 0.5) is 0 Å². The second kappa shape index (κ2) is 6.74. The van der Waals surface area contributed by atoms with Crippen molar-refractivity contribution in [3.8, 4) is 0 Å². The highest BCUT2D eigenvalue weighted by atomic mass is 16.5. The molecule has 2 aromatic rings. The van der Waals surface area contributed by atoms with Crippen LogP contribution in [-0.4, -0.2) is 19.0 Å². The van der Waals surface area contributed by atoms with Crippen molar-refractivity contribution in [2.75, 3.05) is 7.11 Å². The van der Waals surface area contributed by atoms with Crippen LogP contribution in [0.25, 0.3) is 0 Å². The maximum atomic E-state index is 12.2. The second-order valence-corrected chi connectivity index (χ2v) is 4.46. The molecule has 0 aliphatic rings.